The summed E-state index contributed by atoms with van der Waals surface area (Å²) < 4.78 is 13.4. The molecular weight excluding hydrogens is 273 g/mol. The van der Waals surface area contributed by atoms with Gasteiger partial charge in [-0.2, -0.15) is 0 Å². The van der Waals surface area contributed by atoms with E-state index in [2.05, 4.69) is 0 Å². The lowest BCUT2D eigenvalue weighted by molar-refractivity contribution is -0.385. The van der Waals surface area contributed by atoms with Crippen molar-refractivity contribution >= 4 is 11.5 Å². The number of nitrogens with zero attached hydrogens (tertiary/aromatic N) is 1. The van der Waals surface area contributed by atoms with Crippen LogP contribution in [0.1, 0.15) is 21.5 Å². The molecule has 1 atom stereocenters. The Bertz CT molecular complexity index is 742. The van der Waals surface area contributed by atoms with Gasteiger partial charge in [-0.05, 0) is 30.0 Å². The maximum absolute atomic E-state index is 13.4. The van der Waals surface area contributed by atoms with Gasteiger partial charge in [-0.1, -0.05) is 24.3 Å². The molecule has 0 aromatic heterocycles. The highest BCUT2D eigenvalue weighted by Gasteiger charge is 2.30. The molecule has 21 heavy (non-hydrogen) atoms. The third-order valence-electron chi connectivity index (χ3n) is 3.76. The van der Waals surface area contributed by atoms with E-state index in [-0.39, 0.29) is 17.4 Å². The normalized spacial score (nSPS) is 16.8. The van der Waals surface area contributed by atoms with E-state index in [1.54, 1.807) is 6.07 Å². The Labute approximate surface area is 120 Å². The Balaban J connectivity index is 1.86. The summed E-state index contributed by atoms with van der Waals surface area (Å²) in [6.07, 6.45) is 0.908. The molecule has 1 aliphatic rings. The lowest BCUT2D eigenvalue weighted by Gasteiger charge is -2.08. The molecule has 5 heteroatoms. The van der Waals surface area contributed by atoms with E-state index in [1.165, 1.54) is 12.1 Å². The highest BCUT2D eigenvalue weighted by molar-refractivity contribution is 6.02. The van der Waals surface area contributed by atoms with Crippen molar-refractivity contribution in [2.45, 2.75) is 12.8 Å². The number of rotatable bonds is 3. The molecule has 0 bridgehead atoms. The fourth-order valence-electron chi connectivity index (χ4n) is 2.82. The molecule has 0 spiro atoms. The number of hydrogen-bond donors (Lipinski definition) is 0. The summed E-state index contributed by atoms with van der Waals surface area (Å²) in [4.78, 5) is 22.4. The van der Waals surface area contributed by atoms with Crippen LogP contribution in [-0.4, -0.2) is 10.7 Å². The van der Waals surface area contributed by atoms with Crippen LogP contribution in [0.15, 0.2) is 42.5 Å². The first-order chi connectivity index (χ1) is 10.0. The Morgan fingerprint density at radius 2 is 2.00 bits per heavy atom. The molecule has 106 valence electrons. The van der Waals surface area contributed by atoms with Gasteiger partial charge in [0.1, 0.15) is 5.82 Å². The summed E-state index contributed by atoms with van der Waals surface area (Å²) in [5.41, 5.74) is 1.88. The molecule has 0 aliphatic heterocycles. The third kappa shape index (κ3) is 2.54. The molecule has 0 N–H and O–H groups in total. The number of fused-ring (bicyclic) bond motifs is 1. The van der Waals surface area contributed by atoms with E-state index >= 15 is 0 Å². The lowest BCUT2D eigenvalue weighted by Crippen LogP contribution is -2.12. The Morgan fingerprint density at radius 1 is 1.24 bits per heavy atom. The molecule has 0 saturated heterocycles. The summed E-state index contributed by atoms with van der Waals surface area (Å²) in [6, 6.07) is 10.8. The molecule has 1 unspecified atom stereocenters. The molecule has 4 nitrogen and oxygen atoms in total. The Morgan fingerprint density at radius 3 is 2.71 bits per heavy atom. The molecule has 0 fully saturated rings. The van der Waals surface area contributed by atoms with Gasteiger partial charge in [0.05, 0.1) is 11.0 Å². The second-order valence-electron chi connectivity index (χ2n) is 5.20. The van der Waals surface area contributed by atoms with Crippen LogP contribution in [0.3, 0.4) is 0 Å². The summed E-state index contributed by atoms with van der Waals surface area (Å²) >= 11 is 0. The van der Waals surface area contributed by atoms with E-state index in [0.29, 0.717) is 24.0 Å². The smallest absolute Gasteiger partial charge is 0.272 e. The average Bonchev–Trinajstić information content (AvgIpc) is 2.75. The molecule has 1 aliphatic carbocycles. The van der Waals surface area contributed by atoms with Gasteiger partial charge in [-0.3, -0.25) is 14.9 Å². The highest BCUT2D eigenvalue weighted by Crippen LogP contribution is 2.30. The van der Waals surface area contributed by atoms with Crippen LogP contribution in [0.2, 0.25) is 0 Å². The number of carbonyl (C=O) groups is 1. The first-order valence-electron chi connectivity index (χ1n) is 6.60. The molecule has 2 aromatic carbocycles. The van der Waals surface area contributed by atoms with Gasteiger partial charge in [0, 0.05) is 17.5 Å². The van der Waals surface area contributed by atoms with Crippen LogP contribution in [0.5, 0.6) is 0 Å². The summed E-state index contributed by atoms with van der Waals surface area (Å²) in [5, 5.41) is 10.8. The van der Waals surface area contributed by atoms with Gasteiger partial charge in [0.25, 0.3) is 5.69 Å². The number of nitro groups is 1. The quantitative estimate of drug-likeness (QED) is 0.642. The summed E-state index contributed by atoms with van der Waals surface area (Å²) in [6.45, 7) is 0. The van der Waals surface area contributed by atoms with Gasteiger partial charge in [0.2, 0.25) is 0 Å². The van der Waals surface area contributed by atoms with Crippen LogP contribution < -0.4 is 0 Å². The number of halogens is 1. The maximum atomic E-state index is 13.4. The van der Waals surface area contributed by atoms with Crippen LogP contribution in [0.25, 0.3) is 0 Å². The van der Waals surface area contributed by atoms with E-state index < -0.39 is 10.7 Å². The van der Waals surface area contributed by atoms with Gasteiger partial charge in [0.15, 0.2) is 5.78 Å². The number of non-ortho nitro benzene ring substituents is 1. The van der Waals surface area contributed by atoms with Crippen molar-refractivity contribution in [3.63, 3.8) is 0 Å². The van der Waals surface area contributed by atoms with E-state index in [9.17, 15) is 19.3 Å². The SMILES string of the molecule is O=C1c2ccccc2CC1Cc1cc(F)cc([N+](=O)[O-])c1. The van der Waals surface area contributed by atoms with Crippen LogP contribution in [-0.2, 0) is 12.8 Å². The van der Waals surface area contributed by atoms with Gasteiger partial charge in [-0.15, -0.1) is 0 Å². The van der Waals surface area contributed by atoms with Crippen LogP contribution in [0, 0.1) is 21.8 Å². The molecule has 0 amide bonds. The minimum Gasteiger partial charge on any atom is -0.294 e. The van der Waals surface area contributed by atoms with Crippen molar-refractivity contribution in [2.24, 2.45) is 5.92 Å². The zero-order valence-electron chi connectivity index (χ0n) is 11.1. The molecule has 0 saturated carbocycles. The molecule has 2 aromatic rings. The molecule has 0 radical (unpaired) electrons. The third-order valence-corrected chi connectivity index (χ3v) is 3.76. The fourth-order valence-corrected chi connectivity index (χ4v) is 2.82. The second-order valence-corrected chi connectivity index (χ2v) is 5.20. The monoisotopic (exact) mass is 285 g/mol. The molecule has 0 heterocycles. The van der Waals surface area contributed by atoms with Crippen molar-refractivity contribution in [3.05, 3.63) is 75.1 Å². The highest BCUT2D eigenvalue weighted by atomic mass is 19.1. The topological polar surface area (TPSA) is 60.2 Å². The number of ketones is 1. The van der Waals surface area contributed by atoms with E-state index in [1.807, 2.05) is 18.2 Å². The van der Waals surface area contributed by atoms with Crippen LogP contribution >= 0.6 is 0 Å². The van der Waals surface area contributed by atoms with E-state index in [0.717, 1.165) is 11.6 Å². The minimum absolute atomic E-state index is 0.0255. The van der Waals surface area contributed by atoms with Gasteiger partial charge in [-0.25, -0.2) is 4.39 Å². The van der Waals surface area contributed by atoms with Crippen molar-refractivity contribution in [1.82, 2.24) is 0 Å². The first kappa shape index (κ1) is 13.4. The van der Waals surface area contributed by atoms with E-state index in [4.69, 9.17) is 0 Å². The standard InChI is InChI=1S/C16H12FNO3/c17-13-6-10(7-14(9-13)18(20)21)5-12-8-11-3-1-2-4-15(11)16(12)19/h1-4,6-7,9,12H,5,8H2. The van der Waals surface area contributed by atoms with Crippen molar-refractivity contribution in [3.8, 4) is 0 Å². The Kier molecular flexibility index (Phi) is 3.25. The summed E-state index contributed by atoms with van der Waals surface area (Å²) in [5.74, 6) is -0.900. The molecular formula is C16H12FNO3. The second kappa shape index (κ2) is 5.09. The predicted molar refractivity (Wildman–Crippen MR) is 74.7 cm³/mol. The average molecular weight is 285 g/mol. The predicted octanol–water partition coefficient (Wildman–Crippen LogP) is 3.33. The largest absolute Gasteiger partial charge is 0.294 e. The number of Topliss-reactive ketones (excluding diaryl/α,β-unsaturated/α-hetero) is 1. The first-order valence-corrected chi connectivity index (χ1v) is 6.60. The lowest BCUT2D eigenvalue weighted by atomic mass is 9.95. The van der Waals surface area contributed by atoms with Crippen molar-refractivity contribution in [2.75, 3.05) is 0 Å². The number of carbonyl (C=O) groups excluding carboxylic acids is 1. The fraction of sp³-hybridized carbons (Fsp3) is 0.188. The zero-order chi connectivity index (χ0) is 15.0. The van der Waals surface area contributed by atoms with Gasteiger partial charge < -0.3 is 0 Å². The van der Waals surface area contributed by atoms with Crippen molar-refractivity contribution in [1.29, 1.82) is 0 Å². The van der Waals surface area contributed by atoms with Crippen molar-refractivity contribution < 1.29 is 14.1 Å². The minimum atomic E-state index is -0.651. The van der Waals surface area contributed by atoms with Crippen LogP contribution in [0.4, 0.5) is 10.1 Å². The summed E-state index contributed by atoms with van der Waals surface area (Å²) in [7, 11) is 0. The zero-order valence-corrected chi connectivity index (χ0v) is 11.1. The number of benzene rings is 2. The maximum Gasteiger partial charge on any atom is 0.272 e. The van der Waals surface area contributed by atoms with Gasteiger partial charge >= 0.3 is 0 Å². The molecule has 3 rings (SSSR count). The Hall–Kier alpha value is -2.56. The number of hydrogen-bond acceptors (Lipinski definition) is 3. The number of nitro benzene ring substituents is 1.